The largest absolute Gasteiger partial charge is 0.458 e. The highest BCUT2D eigenvalue weighted by atomic mass is 35.5. The molecule has 0 unspecified atom stereocenters. The van der Waals surface area contributed by atoms with Crippen LogP contribution in [0.3, 0.4) is 0 Å². The van der Waals surface area contributed by atoms with Crippen molar-refractivity contribution in [1.82, 2.24) is 15.5 Å². The van der Waals surface area contributed by atoms with E-state index in [-0.39, 0.29) is 16.5 Å². The Hall–Kier alpha value is -3.58. The fraction of sp³-hybridized carbons (Fsp3) is 0.520. The zero-order valence-corrected chi connectivity index (χ0v) is 24.9. The minimum atomic E-state index is -1.45. The van der Waals surface area contributed by atoms with Crippen molar-refractivity contribution in [2.24, 2.45) is 10.7 Å². The van der Waals surface area contributed by atoms with Crippen LogP contribution in [0.15, 0.2) is 23.2 Å². The Morgan fingerprint density at radius 2 is 1.52 bits per heavy atom. The number of nitrogens with zero attached hydrogens (tertiary/aromatic N) is 2. The number of hydrogen-bond donors (Lipinski definition) is 3. The molecule has 1 atom stereocenters. The number of nitrogens with two attached hydrogens (primary N) is 1. The molecule has 1 rings (SSSR count). The van der Waals surface area contributed by atoms with Gasteiger partial charge in [0.1, 0.15) is 24.4 Å². The maximum Gasteiger partial charge on any atom is 0.436 e. The predicted octanol–water partition coefficient (Wildman–Crippen LogP) is 2.80. The first kappa shape index (κ1) is 34.4. The lowest BCUT2D eigenvalue weighted by molar-refractivity contribution is -0.159. The third-order valence-electron chi connectivity index (χ3n) is 4.36. The number of amides is 4. The molecule has 0 saturated heterocycles. The number of hydrogen-bond acceptors (Lipinski definition) is 8. The van der Waals surface area contributed by atoms with Crippen molar-refractivity contribution in [3.8, 4) is 0 Å². The molecule has 0 bridgehead atoms. The minimum Gasteiger partial charge on any atom is -0.458 e. The highest BCUT2D eigenvalue weighted by Gasteiger charge is 2.29. The molecule has 40 heavy (non-hydrogen) atoms. The van der Waals surface area contributed by atoms with Crippen molar-refractivity contribution in [3.05, 3.63) is 33.8 Å². The number of ether oxygens (including phenoxy) is 3. The van der Waals surface area contributed by atoms with Crippen molar-refractivity contribution in [1.29, 1.82) is 0 Å². The molecule has 0 aliphatic rings. The summed E-state index contributed by atoms with van der Waals surface area (Å²) in [7, 11) is 1.33. The summed E-state index contributed by atoms with van der Waals surface area (Å²) in [6.07, 6.45) is -2.26. The topological polar surface area (TPSA) is 179 Å². The van der Waals surface area contributed by atoms with Crippen molar-refractivity contribution >= 4 is 59.1 Å². The second-order valence-corrected chi connectivity index (χ2v) is 11.3. The Balaban J connectivity index is 2.81. The number of carbonyl (C=O) groups excluding carboxylic acids is 5. The van der Waals surface area contributed by atoms with E-state index in [0.29, 0.717) is 5.56 Å². The predicted molar refractivity (Wildman–Crippen MR) is 148 cm³/mol. The third-order valence-corrected chi connectivity index (χ3v) is 5.07. The van der Waals surface area contributed by atoms with E-state index < -0.39 is 66.3 Å². The molecular weight excluding hydrogens is 569 g/mol. The van der Waals surface area contributed by atoms with Crippen molar-refractivity contribution in [2.75, 3.05) is 20.2 Å². The van der Waals surface area contributed by atoms with Gasteiger partial charge in [-0.05, 0) is 59.2 Å². The molecule has 4 amide bonds. The third kappa shape index (κ3) is 13.5. The summed E-state index contributed by atoms with van der Waals surface area (Å²) in [5.41, 5.74) is 4.26. The van der Waals surface area contributed by atoms with Crippen LogP contribution >= 0.6 is 23.2 Å². The van der Waals surface area contributed by atoms with E-state index in [1.807, 2.05) is 0 Å². The summed E-state index contributed by atoms with van der Waals surface area (Å²) in [6, 6.07) is 3.28. The van der Waals surface area contributed by atoms with Gasteiger partial charge in [0.15, 0.2) is 6.04 Å². The van der Waals surface area contributed by atoms with Gasteiger partial charge in [-0.3, -0.25) is 14.9 Å². The molecule has 1 aromatic rings. The van der Waals surface area contributed by atoms with Crippen LogP contribution in [-0.2, 0) is 35.0 Å². The number of aliphatic imine (C=N–C) groups is 1. The van der Waals surface area contributed by atoms with E-state index in [4.69, 9.17) is 43.1 Å². The van der Waals surface area contributed by atoms with Crippen molar-refractivity contribution in [2.45, 2.75) is 65.2 Å². The molecule has 222 valence electrons. The first-order valence-corrected chi connectivity index (χ1v) is 12.7. The molecule has 15 heteroatoms. The smallest absolute Gasteiger partial charge is 0.436 e. The van der Waals surface area contributed by atoms with Crippen LogP contribution < -0.4 is 16.4 Å². The SMILES string of the molecule is CN(CC(=O)N[C@@H](COC(=O)/N=C(\N)NC(=O)Cc1c(Cl)cccc1Cl)C(=O)OC(C)(C)C)C(=O)OC(C)(C)C. The summed E-state index contributed by atoms with van der Waals surface area (Å²) < 4.78 is 15.4. The highest BCUT2D eigenvalue weighted by Crippen LogP contribution is 2.24. The van der Waals surface area contributed by atoms with Gasteiger partial charge in [-0.15, -0.1) is 4.99 Å². The van der Waals surface area contributed by atoms with E-state index in [9.17, 15) is 24.0 Å². The van der Waals surface area contributed by atoms with E-state index >= 15 is 0 Å². The number of nitrogens with one attached hydrogen (secondary N) is 2. The molecule has 0 fully saturated rings. The number of halogens is 2. The van der Waals surface area contributed by atoms with Crippen molar-refractivity contribution in [3.63, 3.8) is 0 Å². The van der Waals surface area contributed by atoms with Gasteiger partial charge in [0.05, 0.1) is 6.42 Å². The number of benzene rings is 1. The van der Waals surface area contributed by atoms with Gasteiger partial charge in [0.25, 0.3) is 0 Å². The van der Waals surface area contributed by atoms with E-state index in [2.05, 4.69) is 15.6 Å². The number of guanidine groups is 1. The molecular formula is C25H35Cl2N5O8. The second-order valence-electron chi connectivity index (χ2n) is 10.5. The van der Waals surface area contributed by atoms with Crippen LogP contribution in [0.25, 0.3) is 0 Å². The normalized spacial score (nSPS) is 12.6. The Kier molecular flexibility index (Phi) is 12.7. The van der Waals surface area contributed by atoms with Crippen LogP contribution in [0.2, 0.25) is 10.0 Å². The molecule has 0 heterocycles. The number of likely N-dealkylation sites (N-methyl/N-ethyl adjacent to an activating group) is 1. The molecule has 4 N–H and O–H groups in total. The first-order valence-electron chi connectivity index (χ1n) is 12.0. The Morgan fingerprint density at radius 1 is 0.975 bits per heavy atom. The van der Waals surface area contributed by atoms with Gasteiger partial charge in [0.2, 0.25) is 17.8 Å². The maximum atomic E-state index is 12.6. The summed E-state index contributed by atoms with van der Waals surface area (Å²) in [5.74, 6) is -2.91. The lowest BCUT2D eigenvalue weighted by atomic mass is 10.1. The van der Waals surface area contributed by atoms with E-state index in [0.717, 1.165) is 4.90 Å². The van der Waals surface area contributed by atoms with Crippen LogP contribution in [0.5, 0.6) is 0 Å². The minimum absolute atomic E-state index is 0.242. The van der Waals surface area contributed by atoms with E-state index in [1.54, 1.807) is 59.7 Å². The first-order chi connectivity index (χ1) is 18.3. The average Bonchev–Trinajstić information content (AvgIpc) is 2.76. The number of carbonyl (C=O) groups is 5. The highest BCUT2D eigenvalue weighted by molar-refractivity contribution is 6.36. The molecule has 1 aromatic carbocycles. The Labute approximate surface area is 242 Å². The van der Waals surface area contributed by atoms with Gasteiger partial charge in [-0.2, -0.15) is 0 Å². The zero-order valence-electron chi connectivity index (χ0n) is 23.4. The monoisotopic (exact) mass is 603 g/mol. The fourth-order valence-corrected chi connectivity index (χ4v) is 3.29. The number of esters is 1. The van der Waals surface area contributed by atoms with Crippen molar-refractivity contribution < 1.29 is 38.2 Å². The molecule has 0 aliphatic carbocycles. The Morgan fingerprint density at radius 3 is 2.05 bits per heavy atom. The quantitative estimate of drug-likeness (QED) is 0.174. The van der Waals surface area contributed by atoms with Gasteiger partial charge in [-0.1, -0.05) is 29.3 Å². The molecule has 0 aliphatic heterocycles. The summed E-state index contributed by atoms with van der Waals surface area (Å²) in [4.78, 5) is 66.1. The molecule has 0 radical (unpaired) electrons. The summed E-state index contributed by atoms with van der Waals surface area (Å²) in [6.45, 7) is 8.67. The van der Waals surface area contributed by atoms with Gasteiger partial charge < -0.3 is 30.2 Å². The summed E-state index contributed by atoms with van der Waals surface area (Å²) >= 11 is 12.1. The van der Waals surface area contributed by atoms with Crippen LogP contribution in [-0.4, -0.2) is 78.3 Å². The molecule has 13 nitrogen and oxygen atoms in total. The van der Waals surface area contributed by atoms with E-state index in [1.165, 1.54) is 7.05 Å². The number of rotatable bonds is 8. The van der Waals surface area contributed by atoms with Crippen LogP contribution in [0.4, 0.5) is 9.59 Å². The van der Waals surface area contributed by atoms with Gasteiger partial charge in [-0.25, -0.2) is 14.4 Å². The second kappa shape index (κ2) is 14.7. The van der Waals surface area contributed by atoms with Gasteiger partial charge >= 0.3 is 18.2 Å². The molecule has 0 spiro atoms. The Bertz CT molecular complexity index is 1120. The standard InChI is InChI=1S/C25H35Cl2N5O8/c1-24(2,3)39-20(35)17(29-19(34)12-32(7)23(37)40-25(4,5)6)13-38-22(36)31-21(28)30-18(33)11-14-15(26)9-8-10-16(14)27/h8-10,17H,11-13H2,1-7H3,(H,29,34)(H3,28,30,31,33,36)/t17-/m0/s1. The molecule has 0 aromatic heterocycles. The zero-order chi connectivity index (χ0) is 30.8. The lowest BCUT2D eigenvalue weighted by Gasteiger charge is -2.26. The molecule has 0 saturated carbocycles. The average molecular weight is 604 g/mol. The lowest BCUT2D eigenvalue weighted by Crippen LogP contribution is -2.50. The maximum absolute atomic E-state index is 12.6. The van der Waals surface area contributed by atoms with Crippen LogP contribution in [0, 0.1) is 0 Å². The summed E-state index contributed by atoms with van der Waals surface area (Å²) in [5, 5.41) is 5.09. The van der Waals surface area contributed by atoms with Gasteiger partial charge in [0, 0.05) is 17.1 Å². The fourth-order valence-electron chi connectivity index (χ4n) is 2.76. The van der Waals surface area contributed by atoms with Crippen LogP contribution in [0.1, 0.15) is 47.1 Å².